The molecule has 2 saturated carbocycles. The van der Waals surface area contributed by atoms with Crippen molar-refractivity contribution in [2.75, 3.05) is 0 Å². The van der Waals surface area contributed by atoms with Crippen LogP contribution in [0.5, 0.6) is 0 Å². The Balaban J connectivity index is 1.56. The van der Waals surface area contributed by atoms with E-state index in [4.69, 9.17) is 0 Å². The van der Waals surface area contributed by atoms with E-state index < -0.39 is 0 Å². The van der Waals surface area contributed by atoms with Crippen LogP contribution in [0.25, 0.3) is 0 Å². The van der Waals surface area contributed by atoms with Gasteiger partial charge in [0.15, 0.2) is 0 Å². The van der Waals surface area contributed by atoms with Gasteiger partial charge in [-0.3, -0.25) is 0 Å². The predicted molar refractivity (Wildman–Crippen MR) is 91.7 cm³/mol. The lowest BCUT2D eigenvalue weighted by atomic mass is 9.68. The van der Waals surface area contributed by atoms with Crippen LogP contribution in [0.1, 0.15) is 80.9 Å². The lowest BCUT2D eigenvalue weighted by Gasteiger charge is -2.37. The number of hydrogen-bond acceptors (Lipinski definition) is 0. The van der Waals surface area contributed by atoms with E-state index in [0.29, 0.717) is 0 Å². The fourth-order valence-electron chi connectivity index (χ4n) is 4.70. The molecule has 1 aromatic rings. The summed E-state index contributed by atoms with van der Waals surface area (Å²) in [4.78, 5) is 0. The molecule has 0 saturated heterocycles. The molecule has 1 aromatic carbocycles. The third-order valence-corrected chi connectivity index (χ3v) is 6.50. The minimum atomic E-state index is 0.836. The lowest BCUT2D eigenvalue weighted by molar-refractivity contribution is 0.165. The Kier molecular flexibility index (Phi) is 4.72. The molecule has 21 heavy (non-hydrogen) atoms. The molecule has 0 aliphatic heterocycles. The van der Waals surface area contributed by atoms with Crippen LogP contribution >= 0.6 is 0 Å². The number of rotatable bonds is 2. The second-order valence-electron chi connectivity index (χ2n) is 7.98. The molecule has 0 heteroatoms. The van der Waals surface area contributed by atoms with Crippen LogP contribution in [-0.4, -0.2) is 0 Å². The highest BCUT2D eigenvalue weighted by Crippen LogP contribution is 2.43. The standard InChI is InChI=1S/C21H32/c1-15-4-7-18(8-5-15)19-10-12-20(13-11-19)21-9-6-16(2)17(3)14-21/h6,9,14-15,18-20H,4-5,7-8,10-13H2,1-3H3. The summed E-state index contributed by atoms with van der Waals surface area (Å²) < 4.78 is 0. The lowest BCUT2D eigenvalue weighted by Crippen LogP contribution is -2.24. The topological polar surface area (TPSA) is 0 Å². The zero-order valence-corrected chi connectivity index (χ0v) is 14.2. The summed E-state index contributed by atoms with van der Waals surface area (Å²) in [6.07, 6.45) is 11.8. The van der Waals surface area contributed by atoms with Crippen molar-refractivity contribution in [3.8, 4) is 0 Å². The normalized spacial score (nSPS) is 33.9. The van der Waals surface area contributed by atoms with E-state index >= 15 is 0 Å². The SMILES string of the molecule is Cc1ccc(C2CCC(C3CCC(C)CC3)CC2)cc1C. The Morgan fingerprint density at radius 3 is 1.86 bits per heavy atom. The van der Waals surface area contributed by atoms with Gasteiger partial charge in [0.25, 0.3) is 0 Å². The van der Waals surface area contributed by atoms with Crippen molar-refractivity contribution in [1.29, 1.82) is 0 Å². The summed E-state index contributed by atoms with van der Waals surface area (Å²) in [5, 5.41) is 0. The average Bonchev–Trinajstić information content (AvgIpc) is 2.51. The Morgan fingerprint density at radius 1 is 0.714 bits per heavy atom. The van der Waals surface area contributed by atoms with Crippen LogP contribution in [-0.2, 0) is 0 Å². The van der Waals surface area contributed by atoms with Crippen molar-refractivity contribution < 1.29 is 0 Å². The second kappa shape index (κ2) is 6.55. The van der Waals surface area contributed by atoms with E-state index in [0.717, 1.165) is 23.7 Å². The largest absolute Gasteiger partial charge is 0.0625 e. The Morgan fingerprint density at radius 2 is 1.29 bits per heavy atom. The molecule has 0 aromatic heterocycles. The molecule has 0 nitrogen and oxygen atoms in total. The minimum Gasteiger partial charge on any atom is -0.0625 e. The van der Waals surface area contributed by atoms with E-state index in [1.165, 1.54) is 62.5 Å². The van der Waals surface area contributed by atoms with Crippen molar-refractivity contribution in [3.63, 3.8) is 0 Å². The highest BCUT2D eigenvalue weighted by Gasteiger charge is 2.30. The summed E-state index contributed by atoms with van der Waals surface area (Å²) in [5.41, 5.74) is 4.51. The van der Waals surface area contributed by atoms with Crippen molar-refractivity contribution in [2.45, 2.75) is 78.1 Å². The number of aryl methyl sites for hydroxylation is 2. The van der Waals surface area contributed by atoms with Crippen molar-refractivity contribution in [1.82, 2.24) is 0 Å². The van der Waals surface area contributed by atoms with Gasteiger partial charge in [0, 0.05) is 0 Å². The fourth-order valence-corrected chi connectivity index (χ4v) is 4.70. The average molecular weight is 284 g/mol. The predicted octanol–water partition coefficient (Wildman–Crippen LogP) is 6.40. The molecule has 2 aliphatic carbocycles. The van der Waals surface area contributed by atoms with Crippen molar-refractivity contribution >= 4 is 0 Å². The Bertz CT molecular complexity index is 457. The van der Waals surface area contributed by atoms with Crippen LogP contribution in [0.15, 0.2) is 18.2 Å². The first-order valence-corrected chi connectivity index (χ1v) is 9.20. The minimum absolute atomic E-state index is 0.836. The molecular weight excluding hydrogens is 252 g/mol. The van der Waals surface area contributed by atoms with E-state index in [1.807, 2.05) is 0 Å². The van der Waals surface area contributed by atoms with Crippen LogP contribution in [0.4, 0.5) is 0 Å². The molecule has 0 amide bonds. The number of benzene rings is 1. The van der Waals surface area contributed by atoms with Gasteiger partial charge in [-0.2, -0.15) is 0 Å². The van der Waals surface area contributed by atoms with E-state index in [1.54, 1.807) is 5.56 Å². The summed E-state index contributed by atoms with van der Waals surface area (Å²) in [6.45, 7) is 6.92. The van der Waals surface area contributed by atoms with Crippen LogP contribution in [0.3, 0.4) is 0 Å². The molecule has 116 valence electrons. The smallest absolute Gasteiger partial charge is 0.0162 e. The maximum absolute atomic E-state index is 2.45. The van der Waals surface area contributed by atoms with Gasteiger partial charge in [-0.05, 0) is 92.7 Å². The molecular formula is C21H32. The Hall–Kier alpha value is -0.780. The fraction of sp³-hybridized carbons (Fsp3) is 0.714. The van der Waals surface area contributed by atoms with Crippen molar-refractivity contribution in [3.05, 3.63) is 34.9 Å². The third kappa shape index (κ3) is 3.52. The highest BCUT2D eigenvalue weighted by molar-refractivity contribution is 5.32. The van der Waals surface area contributed by atoms with E-state index in [-0.39, 0.29) is 0 Å². The summed E-state index contributed by atoms with van der Waals surface area (Å²) in [7, 11) is 0. The quantitative estimate of drug-likeness (QED) is 0.589. The number of hydrogen-bond donors (Lipinski definition) is 0. The summed E-state index contributed by atoms with van der Waals surface area (Å²) >= 11 is 0. The first-order chi connectivity index (χ1) is 10.1. The molecule has 3 rings (SSSR count). The van der Waals surface area contributed by atoms with Crippen LogP contribution in [0.2, 0.25) is 0 Å². The third-order valence-electron chi connectivity index (χ3n) is 6.50. The van der Waals surface area contributed by atoms with Gasteiger partial charge in [-0.15, -0.1) is 0 Å². The molecule has 0 bridgehead atoms. The first kappa shape index (κ1) is 15.1. The second-order valence-corrected chi connectivity index (χ2v) is 7.98. The van der Waals surface area contributed by atoms with E-state index in [2.05, 4.69) is 39.0 Å². The molecule has 0 atom stereocenters. The molecule has 0 radical (unpaired) electrons. The molecule has 0 heterocycles. The van der Waals surface area contributed by atoms with Gasteiger partial charge >= 0.3 is 0 Å². The zero-order valence-electron chi connectivity index (χ0n) is 14.2. The van der Waals surface area contributed by atoms with Gasteiger partial charge in [0.2, 0.25) is 0 Å². The molecule has 2 fully saturated rings. The monoisotopic (exact) mass is 284 g/mol. The van der Waals surface area contributed by atoms with Crippen LogP contribution < -0.4 is 0 Å². The van der Waals surface area contributed by atoms with Crippen molar-refractivity contribution in [2.24, 2.45) is 17.8 Å². The van der Waals surface area contributed by atoms with Gasteiger partial charge in [-0.25, -0.2) is 0 Å². The first-order valence-electron chi connectivity index (χ1n) is 9.20. The Labute approximate surface area is 131 Å². The molecule has 0 N–H and O–H groups in total. The maximum Gasteiger partial charge on any atom is -0.0162 e. The highest BCUT2D eigenvalue weighted by atomic mass is 14.4. The maximum atomic E-state index is 2.45. The molecule has 0 unspecified atom stereocenters. The van der Waals surface area contributed by atoms with Gasteiger partial charge < -0.3 is 0 Å². The van der Waals surface area contributed by atoms with Gasteiger partial charge in [0.1, 0.15) is 0 Å². The summed E-state index contributed by atoms with van der Waals surface area (Å²) in [6, 6.07) is 7.15. The van der Waals surface area contributed by atoms with Crippen LogP contribution in [0, 0.1) is 31.6 Å². The van der Waals surface area contributed by atoms with Gasteiger partial charge in [-0.1, -0.05) is 38.0 Å². The van der Waals surface area contributed by atoms with E-state index in [9.17, 15) is 0 Å². The van der Waals surface area contributed by atoms with Gasteiger partial charge in [0.05, 0.1) is 0 Å². The molecule has 0 spiro atoms. The summed E-state index contributed by atoms with van der Waals surface area (Å²) in [5.74, 6) is 3.93. The zero-order chi connectivity index (χ0) is 14.8. The molecule has 2 aliphatic rings.